The molecule has 9 heavy (non-hydrogen) atoms. The molecule has 0 aromatic heterocycles. The molecule has 2 heteroatoms. The van der Waals surface area contributed by atoms with E-state index in [0.29, 0.717) is 0 Å². The van der Waals surface area contributed by atoms with Crippen molar-refractivity contribution in [3.8, 4) is 0 Å². The van der Waals surface area contributed by atoms with E-state index in [1.165, 1.54) is 19.3 Å². The molecular formula is C7H16IN. The highest BCUT2D eigenvalue weighted by molar-refractivity contribution is 14.1. The lowest BCUT2D eigenvalue weighted by atomic mass is 10.1. The van der Waals surface area contributed by atoms with E-state index in [9.17, 15) is 0 Å². The molecule has 0 aromatic rings. The Morgan fingerprint density at radius 1 is 1.33 bits per heavy atom. The van der Waals surface area contributed by atoms with Crippen LogP contribution < -0.4 is 3.53 Å². The SMILES string of the molecule is CC(C)CCCCNI. The first-order valence-corrected chi connectivity index (χ1v) is 4.68. The first-order chi connectivity index (χ1) is 4.27. The number of hydrogen-bond donors (Lipinski definition) is 1. The van der Waals surface area contributed by atoms with Crippen LogP contribution in [-0.2, 0) is 0 Å². The van der Waals surface area contributed by atoms with Gasteiger partial charge in [0.1, 0.15) is 0 Å². The lowest BCUT2D eigenvalue weighted by Gasteiger charge is -2.01. The van der Waals surface area contributed by atoms with Gasteiger partial charge in [-0.2, -0.15) is 0 Å². The summed E-state index contributed by atoms with van der Waals surface area (Å²) in [6, 6.07) is 0. The van der Waals surface area contributed by atoms with Crippen LogP contribution in [0.15, 0.2) is 0 Å². The van der Waals surface area contributed by atoms with Gasteiger partial charge in [0.2, 0.25) is 0 Å². The average molecular weight is 241 g/mol. The predicted molar refractivity (Wildman–Crippen MR) is 50.7 cm³/mol. The Morgan fingerprint density at radius 3 is 2.44 bits per heavy atom. The second kappa shape index (κ2) is 6.81. The Labute approximate surface area is 72.1 Å². The highest BCUT2D eigenvalue weighted by Gasteiger charge is 1.91. The van der Waals surface area contributed by atoms with Crippen LogP contribution in [0.3, 0.4) is 0 Å². The zero-order chi connectivity index (χ0) is 7.11. The van der Waals surface area contributed by atoms with Crippen molar-refractivity contribution in [1.82, 2.24) is 3.53 Å². The first kappa shape index (κ1) is 9.69. The molecule has 0 aliphatic carbocycles. The van der Waals surface area contributed by atoms with Gasteiger partial charge in [0, 0.05) is 29.4 Å². The van der Waals surface area contributed by atoms with E-state index in [1.54, 1.807) is 0 Å². The molecule has 0 rings (SSSR count). The maximum atomic E-state index is 3.11. The van der Waals surface area contributed by atoms with E-state index >= 15 is 0 Å². The fourth-order valence-electron chi connectivity index (χ4n) is 0.744. The minimum Gasteiger partial charge on any atom is -0.261 e. The van der Waals surface area contributed by atoms with E-state index in [-0.39, 0.29) is 0 Å². The number of hydrogen-bond acceptors (Lipinski definition) is 1. The molecule has 0 amide bonds. The third-order valence-electron chi connectivity index (χ3n) is 1.30. The topological polar surface area (TPSA) is 12.0 Å². The molecule has 0 unspecified atom stereocenters. The molecule has 0 heterocycles. The molecule has 1 N–H and O–H groups in total. The minimum absolute atomic E-state index is 0.874. The van der Waals surface area contributed by atoms with Crippen molar-refractivity contribution in [2.24, 2.45) is 5.92 Å². The second-order valence-corrected chi connectivity index (χ2v) is 3.54. The van der Waals surface area contributed by atoms with E-state index in [4.69, 9.17) is 0 Å². The number of rotatable bonds is 5. The molecule has 0 aromatic carbocycles. The van der Waals surface area contributed by atoms with Crippen molar-refractivity contribution in [3.63, 3.8) is 0 Å². The molecule has 0 saturated carbocycles. The van der Waals surface area contributed by atoms with Gasteiger partial charge in [-0.15, -0.1) is 0 Å². The highest BCUT2D eigenvalue weighted by Crippen LogP contribution is 2.04. The van der Waals surface area contributed by atoms with Crippen molar-refractivity contribution < 1.29 is 0 Å². The van der Waals surface area contributed by atoms with Crippen molar-refractivity contribution in [3.05, 3.63) is 0 Å². The normalized spacial score (nSPS) is 10.7. The van der Waals surface area contributed by atoms with Gasteiger partial charge in [0.05, 0.1) is 0 Å². The summed E-state index contributed by atoms with van der Waals surface area (Å²) in [7, 11) is 0. The number of unbranched alkanes of at least 4 members (excludes halogenated alkanes) is 1. The Balaban J connectivity index is 2.75. The summed E-state index contributed by atoms with van der Waals surface area (Å²) in [5, 5.41) is 0. The molecule has 0 atom stereocenters. The molecule has 1 nitrogen and oxygen atoms in total. The van der Waals surface area contributed by atoms with E-state index in [1.807, 2.05) is 0 Å². The summed E-state index contributed by atoms with van der Waals surface area (Å²) < 4.78 is 3.11. The van der Waals surface area contributed by atoms with Crippen LogP contribution in [0.25, 0.3) is 0 Å². The van der Waals surface area contributed by atoms with Gasteiger partial charge in [-0.3, -0.25) is 3.53 Å². The van der Waals surface area contributed by atoms with Crippen LogP contribution in [-0.4, -0.2) is 6.54 Å². The number of halogens is 1. The maximum Gasteiger partial charge on any atom is 0.0169 e. The average Bonchev–Trinajstić information content (AvgIpc) is 1.80. The summed E-state index contributed by atoms with van der Waals surface area (Å²) in [5.41, 5.74) is 0. The molecule has 0 aliphatic rings. The van der Waals surface area contributed by atoms with E-state index in [0.717, 1.165) is 12.5 Å². The standard InChI is InChI=1S/C7H16IN/c1-7(2)5-3-4-6-9-8/h7,9H,3-6H2,1-2H3. The molecular weight excluding hydrogens is 225 g/mol. The third-order valence-corrected chi connectivity index (χ3v) is 1.84. The molecule has 0 aliphatic heterocycles. The van der Waals surface area contributed by atoms with Crippen LogP contribution in [0.1, 0.15) is 33.1 Å². The smallest absolute Gasteiger partial charge is 0.0169 e. The molecule has 0 bridgehead atoms. The monoisotopic (exact) mass is 241 g/mol. The lowest BCUT2D eigenvalue weighted by molar-refractivity contribution is 0.539. The van der Waals surface area contributed by atoms with Crippen molar-refractivity contribution in [2.45, 2.75) is 33.1 Å². The summed E-state index contributed by atoms with van der Waals surface area (Å²) >= 11 is 2.19. The molecule has 0 saturated heterocycles. The van der Waals surface area contributed by atoms with Crippen molar-refractivity contribution >= 4 is 22.9 Å². The fourth-order valence-corrected chi connectivity index (χ4v) is 1.13. The zero-order valence-electron chi connectivity index (χ0n) is 6.28. The van der Waals surface area contributed by atoms with Gasteiger partial charge < -0.3 is 0 Å². The Hall–Kier alpha value is 0.690. The van der Waals surface area contributed by atoms with Gasteiger partial charge in [-0.1, -0.05) is 26.7 Å². The predicted octanol–water partition coefficient (Wildman–Crippen LogP) is 2.75. The largest absolute Gasteiger partial charge is 0.261 e. The molecule has 0 spiro atoms. The van der Waals surface area contributed by atoms with Gasteiger partial charge in [0.15, 0.2) is 0 Å². The van der Waals surface area contributed by atoms with Crippen LogP contribution in [0.5, 0.6) is 0 Å². The lowest BCUT2D eigenvalue weighted by Crippen LogP contribution is -2.00. The fraction of sp³-hybridized carbons (Fsp3) is 1.00. The summed E-state index contributed by atoms with van der Waals surface area (Å²) in [4.78, 5) is 0. The second-order valence-electron chi connectivity index (χ2n) is 2.77. The molecule has 56 valence electrons. The summed E-state index contributed by atoms with van der Waals surface area (Å²) in [6.45, 7) is 5.71. The Bertz CT molecular complexity index is 54.9. The summed E-state index contributed by atoms with van der Waals surface area (Å²) in [6.07, 6.45) is 4.06. The van der Waals surface area contributed by atoms with Crippen LogP contribution >= 0.6 is 22.9 Å². The van der Waals surface area contributed by atoms with E-state index < -0.39 is 0 Å². The third kappa shape index (κ3) is 8.69. The van der Waals surface area contributed by atoms with Crippen LogP contribution in [0.4, 0.5) is 0 Å². The van der Waals surface area contributed by atoms with Gasteiger partial charge >= 0.3 is 0 Å². The van der Waals surface area contributed by atoms with Crippen molar-refractivity contribution in [2.75, 3.05) is 6.54 Å². The minimum atomic E-state index is 0.874. The molecule has 0 radical (unpaired) electrons. The zero-order valence-corrected chi connectivity index (χ0v) is 8.44. The maximum absolute atomic E-state index is 3.11. The molecule has 0 fully saturated rings. The van der Waals surface area contributed by atoms with Crippen molar-refractivity contribution in [1.29, 1.82) is 0 Å². The Morgan fingerprint density at radius 2 is 2.00 bits per heavy atom. The van der Waals surface area contributed by atoms with Gasteiger partial charge in [-0.25, -0.2) is 0 Å². The van der Waals surface area contributed by atoms with Crippen LogP contribution in [0.2, 0.25) is 0 Å². The van der Waals surface area contributed by atoms with Crippen LogP contribution in [0, 0.1) is 5.92 Å². The number of nitrogens with one attached hydrogen (secondary N) is 1. The highest BCUT2D eigenvalue weighted by atomic mass is 127. The van der Waals surface area contributed by atoms with Gasteiger partial charge in [0.25, 0.3) is 0 Å². The quantitative estimate of drug-likeness (QED) is 0.443. The summed E-state index contributed by atoms with van der Waals surface area (Å²) in [5.74, 6) is 0.874. The van der Waals surface area contributed by atoms with Gasteiger partial charge in [-0.05, 0) is 12.3 Å². The first-order valence-electron chi connectivity index (χ1n) is 3.61. The Kier molecular flexibility index (Phi) is 7.33. The van der Waals surface area contributed by atoms with E-state index in [2.05, 4.69) is 40.2 Å².